The summed E-state index contributed by atoms with van der Waals surface area (Å²) in [5.41, 5.74) is -0.305. The Morgan fingerprint density at radius 3 is 2.82 bits per heavy atom. The van der Waals surface area contributed by atoms with Crippen LogP contribution in [0.3, 0.4) is 0 Å². The number of rotatable bonds is 3. The van der Waals surface area contributed by atoms with E-state index >= 15 is 0 Å². The van der Waals surface area contributed by atoms with Gasteiger partial charge in [0.1, 0.15) is 5.82 Å². The maximum absolute atomic E-state index is 11.3. The van der Waals surface area contributed by atoms with E-state index < -0.39 is 0 Å². The first-order valence-corrected chi connectivity index (χ1v) is 5.95. The summed E-state index contributed by atoms with van der Waals surface area (Å²) in [5.74, 6) is 0.344. The maximum Gasteiger partial charge on any atom is 0.254 e. The minimum atomic E-state index is -0.305. The van der Waals surface area contributed by atoms with Crippen LogP contribution >= 0.6 is 0 Å². The highest BCUT2D eigenvalue weighted by molar-refractivity contribution is 5.09. The molecule has 0 radical (unpaired) electrons. The van der Waals surface area contributed by atoms with Crippen molar-refractivity contribution >= 4 is 0 Å². The molecule has 2 heterocycles. The summed E-state index contributed by atoms with van der Waals surface area (Å²) >= 11 is 0. The van der Waals surface area contributed by atoms with Crippen LogP contribution in [-0.4, -0.2) is 46.2 Å². The first-order chi connectivity index (χ1) is 8.20. The van der Waals surface area contributed by atoms with E-state index in [0.717, 1.165) is 38.7 Å². The van der Waals surface area contributed by atoms with E-state index in [1.807, 2.05) is 0 Å². The molecular formula is C11H18N4O2. The Hall–Kier alpha value is -1.40. The molecule has 0 aromatic carbocycles. The Morgan fingerprint density at radius 2 is 2.24 bits per heavy atom. The lowest BCUT2D eigenvalue weighted by Crippen LogP contribution is -2.45. The number of hydrogen-bond acceptors (Lipinski definition) is 5. The van der Waals surface area contributed by atoms with Crippen LogP contribution in [0.4, 0.5) is 0 Å². The van der Waals surface area contributed by atoms with Crippen molar-refractivity contribution in [3.05, 3.63) is 22.2 Å². The largest absolute Gasteiger partial charge is 0.493 e. The van der Waals surface area contributed by atoms with E-state index in [2.05, 4.69) is 27.1 Å². The highest BCUT2D eigenvalue weighted by Gasteiger charge is 2.22. The molecule has 6 nitrogen and oxygen atoms in total. The lowest BCUT2D eigenvalue weighted by atomic mass is 10.1. The molecule has 1 aliphatic heterocycles. The molecule has 1 atom stereocenters. The van der Waals surface area contributed by atoms with Crippen LogP contribution in [0.5, 0.6) is 5.88 Å². The molecule has 1 aliphatic rings. The number of nitrogens with one attached hydrogen (secondary N) is 2. The van der Waals surface area contributed by atoms with Gasteiger partial charge >= 0.3 is 0 Å². The number of aromatic nitrogens is 2. The molecule has 0 amide bonds. The number of hydrogen-bond donors (Lipinski definition) is 3. The van der Waals surface area contributed by atoms with Gasteiger partial charge < -0.3 is 15.4 Å². The second-order valence-electron chi connectivity index (χ2n) is 4.20. The Morgan fingerprint density at radius 1 is 1.53 bits per heavy atom. The Labute approximate surface area is 99.7 Å². The smallest absolute Gasteiger partial charge is 0.254 e. The first-order valence-electron chi connectivity index (χ1n) is 5.95. The zero-order valence-electron chi connectivity index (χ0n) is 9.94. The molecule has 94 valence electrons. The molecule has 0 bridgehead atoms. The van der Waals surface area contributed by atoms with Crippen LogP contribution in [0.1, 0.15) is 25.2 Å². The molecule has 0 aliphatic carbocycles. The third-order valence-electron chi connectivity index (χ3n) is 3.04. The fourth-order valence-corrected chi connectivity index (χ4v) is 2.24. The summed E-state index contributed by atoms with van der Waals surface area (Å²) in [6.45, 7) is 5.80. The van der Waals surface area contributed by atoms with E-state index in [-0.39, 0.29) is 17.5 Å². The fourth-order valence-electron chi connectivity index (χ4n) is 2.24. The molecule has 1 fully saturated rings. The normalized spacial score (nSPS) is 19.1. The molecule has 0 spiro atoms. The van der Waals surface area contributed by atoms with E-state index in [1.54, 1.807) is 0 Å². The monoisotopic (exact) mass is 238 g/mol. The highest BCUT2D eigenvalue weighted by atomic mass is 16.3. The Balaban J connectivity index is 2.24. The molecule has 3 N–H and O–H groups in total. The second kappa shape index (κ2) is 5.29. The third-order valence-corrected chi connectivity index (χ3v) is 3.04. The maximum atomic E-state index is 11.3. The van der Waals surface area contributed by atoms with Crippen molar-refractivity contribution in [3.8, 4) is 5.88 Å². The van der Waals surface area contributed by atoms with Gasteiger partial charge in [0.25, 0.3) is 5.56 Å². The van der Waals surface area contributed by atoms with Gasteiger partial charge in [0.2, 0.25) is 5.88 Å². The molecule has 2 rings (SSSR count). The number of nitrogens with zero attached hydrogens (tertiary/aromatic N) is 2. The van der Waals surface area contributed by atoms with Gasteiger partial charge in [-0.3, -0.25) is 9.69 Å². The van der Waals surface area contributed by atoms with Crippen molar-refractivity contribution in [2.24, 2.45) is 0 Å². The van der Waals surface area contributed by atoms with Crippen LogP contribution in [-0.2, 0) is 0 Å². The van der Waals surface area contributed by atoms with E-state index in [4.69, 9.17) is 0 Å². The Kier molecular flexibility index (Phi) is 3.75. The zero-order valence-corrected chi connectivity index (χ0v) is 9.94. The molecule has 1 unspecified atom stereocenters. The molecule has 6 heteroatoms. The molecule has 17 heavy (non-hydrogen) atoms. The van der Waals surface area contributed by atoms with Crippen molar-refractivity contribution in [2.45, 2.75) is 19.4 Å². The van der Waals surface area contributed by atoms with E-state index in [0.29, 0.717) is 5.82 Å². The van der Waals surface area contributed by atoms with E-state index in [1.165, 1.54) is 0 Å². The zero-order chi connectivity index (χ0) is 12.3. The van der Waals surface area contributed by atoms with Crippen LogP contribution < -0.4 is 10.9 Å². The van der Waals surface area contributed by atoms with Crippen LogP contribution in [0, 0.1) is 0 Å². The lowest BCUT2D eigenvalue weighted by Gasteiger charge is -2.33. The Bertz CT molecular complexity index is 426. The number of H-pyrrole nitrogens is 1. The van der Waals surface area contributed by atoms with Crippen LogP contribution in [0.25, 0.3) is 0 Å². The highest BCUT2D eigenvalue weighted by Crippen LogP contribution is 2.21. The summed E-state index contributed by atoms with van der Waals surface area (Å²) in [6.07, 6.45) is 0.854. The summed E-state index contributed by atoms with van der Waals surface area (Å²) in [7, 11) is 0. The van der Waals surface area contributed by atoms with Gasteiger partial charge in [-0.05, 0) is 6.42 Å². The average molecular weight is 238 g/mol. The summed E-state index contributed by atoms with van der Waals surface area (Å²) in [6, 6.07) is 1.16. The van der Waals surface area contributed by atoms with Gasteiger partial charge in [0.15, 0.2) is 0 Å². The standard InChI is InChI=1S/C11H18N4O2/c1-2-8(15-5-3-12-4-6-15)11-13-9(16)7-10(17)14-11/h7-8,12H,2-6H2,1H3,(H2,13,14,16,17). The van der Waals surface area contributed by atoms with Crippen molar-refractivity contribution in [3.63, 3.8) is 0 Å². The minimum Gasteiger partial charge on any atom is -0.493 e. The fraction of sp³-hybridized carbons (Fsp3) is 0.636. The van der Waals surface area contributed by atoms with Crippen molar-refractivity contribution in [1.29, 1.82) is 0 Å². The van der Waals surface area contributed by atoms with Gasteiger partial charge in [0, 0.05) is 26.2 Å². The number of aromatic hydroxyl groups is 1. The lowest BCUT2D eigenvalue weighted by molar-refractivity contribution is 0.162. The molecule has 1 saturated heterocycles. The molecule has 1 aromatic heterocycles. The molecule has 1 aromatic rings. The first kappa shape index (κ1) is 12.1. The molecule has 0 saturated carbocycles. The van der Waals surface area contributed by atoms with Gasteiger partial charge in [-0.15, -0.1) is 0 Å². The molecular weight excluding hydrogens is 220 g/mol. The van der Waals surface area contributed by atoms with Crippen molar-refractivity contribution in [2.75, 3.05) is 26.2 Å². The number of piperazine rings is 1. The predicted molar refractivity (Wildman–Crippen MR) is 64.0 cm³/mol. The number of aromatic amines is 1. The minimum absolute atomic E-state index is 0.0666. The average Bonchev–Trinajstić information content (AvgIpc) is 2.30. The summed E-state index contributed by atoms with van der Waals surface area (Å²) in [4.78, 5) is 20.3. The topological polar surface area (TPSA) is 81.2 Å². The van der Waals surface area contributed by atoms with Crippen LogP contribution in [0.2, 0.25) is 0 Å². The summed E-state index contributed by atoms with van der Waals surface area (Å²) < 4.78 is 0. The summed E-state index contributed by atoms with van der Waals surface area (Å²) in [5, 5.41) is 12.7. The SMILES string of the molecule is CCC(c1nc(O)cc(=O)[nH]1)N1CCNCC1. The van der Waals surface area contributed by atoms with Gasteiger partial charge in [-0.1, -0.05) is 6.92 Å². The van der Waals surface area contributed by atoms with Gasteiger partial charge in [0.05, 0.1) is 12.1 Å². The van der Waals surface area contributed by atoms with E-state index in [9.17, 15) is 9.90 Å². The van der Waals surface area contributed by atoms with Gasteiger partial charge in [-0.2, -0.15) is 4.98 Å². The third kappa shape index (κ3) is 2.83. The van der Waals surface area contributed by atoms with Crippen molar-refractivity contribution < 1.29 is 5.11 Å². The van der Waals surface area contributed by atoms with Gasteiger partial charge in [-0.25, -0.2) is 0 Å². The van der Waals surface area contributed by atoms with Crippen LogP contribution in [0.15, 0.2) is 10.9 Å². The second-order valence-corrected chi connectivity index (χ2v) is 4.20. The quantitative estimate of drug-likeness (QED) is 0.681. The van der Waals surface area contributed by atoms with Crippen molar-refractivity contribution in [1.82, 2.24) is 20.2 Å². The predicted octanol–water partition coefficient (Wildman–Crippen LogP) is -0.168.